The second-order valence-electron chi connectivity index (χ2n) is 5.98. The van der Waals surface area contributed by atoms with E-state index in [9.17, 15) is 0 Å². The van der Waals surface area contributed by atoms with Crippen LogP contribution in [0.5, 0.6) is 5.75 Å². The molecule has 1 N–H and O–H groups in total. The van der Waals surface area contributed by atoms with E-state index in [1.165, 1.54) is 17.3 Å². The number of nitrogens with zero attached hydrogens (tertiary/aromatic N) is 1. The molecule has 0 saturated carbocycles. The van der Waals surface area contributed by atoms with Crippen LogP contribution in [0.15, 0.2) is 30.5 Å². The van der Waals surface area contributed by atoms with Crippen molar-refractivity contribution in [3.63, 3.8) is 0 Å². The number of aromatic nitrogens is 1. The lowest BCUT2D eigenvalue weighted by Gasteiger charge is -2.10. The molecule has 0 bridgehead atoms. The third-order valence-electron chi connectivity index (χ3n) is 3.66. The van der Waals surface area contributed by atoms with E-state index in [1.807, 2.05) is 0 Å². The number of nitrogens with one attached hydrogen (secondary N) is 1. The lowest BCUT2D eigenvalue weighted by atomic mass is 10.1. The quantitative estimate of drug-likeness (QED) is 0.704. The minimum absolute atomic E-state index is 0.767. The Hall–Kier alpha value is -1.48. The Morgan fingerprint density at radius 1 is 1.19 bits per heavy atom. The van der Waals surface area contributed by atoms with Crippen molar-refractivity contribution >= 4 is 10.9 Å². The summed E-state index contributed by atoms with van der Waals surface area (Å²) in [6.07, 6.45) is 4.44. The smallest absolute Gasteiger partial charge is 0.128 e. The Morgan fingerprint density at radius 3 is 2.81 bits per heavy atom. The molecular weight excluding hydrogens is 260 g/mol. The Morgan fingerprint density at radius 2 is 2.05 bits per heavy atom. The summed E-state index contributed by atoms with van der Waals surface area (Å²) in [5.41, 5.74) is 1.26. The zero-order valence-corrected chi connectivity index (χ0v) is 13.6. The molecule has 1 aromatic heterocycles. The molecule has 2 aromatic rings. The van der Waals surface area contributed by atoms with Crippen LogP contribution in [0.25, 0.3) is 10.9 Å². The lowest BCUT2D eigenvalue weighted by Crippen LogP contribution is -2.21. The zero-order valence-electron chi connectivity index (χ0n) is 13.6. The van der Waals surface area contributed by atoms with Crippen LogP contribution in [-0.4, -0.2) is 24.3 Å². The van der Waals surface area contributed by atoms with Crippen molar-refractivity contribution in [1.82, 2.24) is 9.88 Å². The molecule has 3 nitrogen and oxygen atoms in total. The predicted molar refractivity (Wildman–Crippen MR) is 90.0 cm³/mol. The summed E-state index contributed by atoms with van der Waals surface area (Å²) in [6.45, 7) is 10.5. The number of rotatable bonds is 9. The number of hydrogen-bond donors (Lipinski definition) is 1. The van der Waals surface area contributed by atoms with Gasteiger partial charge in [0.15, 0.2) is 0 Å². The Kier molecular flexibility index (Phi) is 6.12. The molecule has 1 aromatic carbocycles. The maximum atomic E-state index is 5.82. The van der Waals surface area contributed by atoms with Gasteiger partial charge in [-0.05, 0) is 43.5 Å². The van der Waals surface area contributed by atoms with Gasteiger partial charge in [-0.15, -0.1) is 0 Å². The fraction of sp³-hybridized carbons (Fsp3) is 0.556. The summed E-state index contributed by atoms with van der Waals surface area (Å²) in [7, 11) is 0. The topological polar surface area (TPSA) is 26.2 Å². The van der Waals surface area contributed by atoms with Gasteiger partial charge in [0.1, 0.15) is 5.75 Å². The monoisotopic (exact) mass is 288 g/mol. The van der Waals surface area contributed by atoms with Gasteiger partial charge < -0.3 is 14.6 Å². The summed E-state index contributed by atoms with van der Waals surface area (Å²) < 4.78 is 8.12. The second-order valence-corrected chi connectivity index (χ2v) is 5.98. The molecule has 0 saturated heterocycles. The number of fused-ring (bicyclic) bond motifs is 1. The molecular formula is C18H28N2O. The van der Waals surface area contributed by atoms with Crippen LogP contribution in [0.1, 0.15) is 33.6 Å². The van der Waals surface area contributed by atoms with Gasteiger partial charge in [-0.1, -0.05) is 26.8 Å². The maximum absolute atomic E-state index is 5.82. The molecule has 0 atom stereocenters. The molecule has 21 heavy (non-hydrogen) atoms. The van der Waals surface area contributed by atoms with Gasteiger partial charge in [0.05, 0.1) is 12.1 Å². The SMILES string of the molecule is CCCOc1cccc2c1ccn2CCNCCC(C)C. The molecule has 0 aliphatic rings. The molecule has 1 heterocycles. The molecule has 0 spiro atoms. The summed E-state index contributed by atoms with van der Waals surface area (Å²) >= 11 is 0. The van der Waals surface area contributed by atoms with Crippen LogP contribution < -0.4 is 10.1 Å². The summed E-state index contributed by atoms with van der Waals surface area (Å²) in [5.74, 6) is 1.77. The van der Waals surface area contributed by atoms with Crippen molar-refractivity contribution in [3.05, 3.63) is 30.5 Å². The Bertz CT molecular complexity index is 545. The van der Waals surface area contributed by atoms with Gasteiger partial charge in [0.25, 0.3) is 0 Å². The highest BCUT2D eigenvalue weighted by Gasteiger charge is 2.06. The van der Waals surface area contributed by atoms with Crippen molar-refractivity contribution < 1.29 is 4.74 Å². The fourth-order valence-electron chi connectivity index (χ4n) is 2.44. The van der Waals surface area contributed by atoms with Gasteiger partial charge in [-0.3, -0.25) is 0 Å². The number of benzene rings is 1. The van der Waals surface area contributed by atoms with E-state index < -0.39 is 0 Å². The standard InChI is InChI=1S/C18H28N2O/c1-4-14-21-18-7-5-6-17-16(18)9-12-20(17)13-11-19-10-8-15(2)3/h5-7,9,12,15,19H,4,8,10-11,13-14H2,1-3H3. The van der Waals surface area contributed by atoms with E-state index in [4.69, 9.17) is 4.74 Å². The van der Waals surface area contributed by atoms with Gasteiger partial charge in [0, 0.05) is 24.7 Å². The van der Waals surface area contributed by atoms with Crippen molar-refractivity contribution in [2.75, 3.05) is 19.7 Å². The number of ether oxygens (including phenoxy) is 1. The first kappa shape index (κ1) is 15.9. The third kappa shape index (κ3) is 4.50. The average molecular weight is 288 g/mol. The van der Waals surface area contributed by atoms with E-state index in [2.05, 4.69) is 61.1 Å². The van der Waals surface area contributed by atoms with E-state index >= 15 is 0 Å². The van der Waals surface area contributed by atoms with Crippen molar-refractivity contribution in [3.8, 4) is 5.75 Å². The second kappa shape index (κ2) is 8.08. The van der Waals surface area contributed by atoms with Crippen molar-refractivity contribution in [2.45, 2.75) is 40.2 Å². The fourth-order valence-corrected chi connectivity index (χ4v) is 2.44. The number of hydrogen-bond acceptors (Lipinski definition) is 2. The summed E-state index contributed by atoms with van der Waals surface area (Å²) in [6, 6.07) is 8.47. The molecule has 0 amide bonds. The van der Waals surface area contributed by atoms with Gasteiger partial charge in [-0.25, -0.2) is 0 Å². The molecule has 116 valence electrons. The van der Waals surface area contributed by atoms with Crippen molar-refractivity contribution in [2.24, 2.45) is 5.92 Å². The molecule has 0 unspecified atom stereocenters. The first-order valence-corrected chi connectivity index (χ1v) is 8.13. The third-order valence-corrected chi connectivity index (χ3v) is 3.66. The highest BCUT2D eigenvalue weighted by molar-refractivity contribution is 5.86. The maximum Gasteiger partial charge on any atom is 0.128 e. The molecule has 0 aliphatic heterocycles. The first-order valence-electron chi connectivity index (χ1n) is 8.13. The summed E-state index contributed by atoms with van der Waals surface area (Å²) in [5, 5.41) is 4.73. The Labute approximate surface area is 128 Å². The summed E-state index contributed by atoms with van der Waals surface area (Å²) in [4.78, 5) is 0. The van der Waals surface area contributed by atoms with Crippen LogP contribution in [0.2, 0.25) is 0 Å². The highest BCUT2D eigenvalue weighted by Crippen LogP contribution is 2.26. The van der Waals surface area contributed by atoms with Gasteiger partial charge in [-0.2, -0.15) is 0 Å². The van der Waals surface area contributed by atoms with Crippen LogP contribution in [-0.2, 0) is 6.54 Å². The van der Waals surface area contributed by atoms with E-state index in [1.54, 1.807) is 0 Å². The predicted octanol–water partition coefficient (Wildman–Crippen LogP) is 4.07. The van der Waals surface area contributed by atoms with Crippen molar-refractivity contribution in [1.29, 1.82) is 0 Å². The molecule has 2 rings (SSSR count). The van der Waals surface area contributed by atoms with Crippen LogP contribution >= 0.6 is 0 Å². The van der Waals surface area contributed by atoms with E-state index in [0.717, 1.165) is 44.3 Å². The molecule has 0 radical (unpaired) electrons. The van der Waals surface area contributed by atoms with Gasteiger partial charge >= 0.3 is 0 Å². The van der Waals surface area contributed by atoms with Crippen LogP contribution in [0.4, 0.5) is 0 Å². The zero-order chi connectivity index (χ0) is 15.1. The lowest BCUT2D eigenvalue weighted by molar-refractivity contribution is 0.321. The molecule has 0 aliphatic carbocycles. The Balaban J connectivity index is 1.95. The minimum Gasteiger partial charge on any atom is -0.493 e. The van der Waals surface area contributed by atoms with Gasteiger partial charge in [0.2, 0.25) is 0 Å². The first-order chi connectivity index (χ1) is 10.2. The van der Waals surface area contributed by atoms with E-state index in [-0.39, 0.29) is 0 Å². The highest BCUT2D eigenvalue weighted by atomic mass is 16.5. The van der Waals surface area contributed by atoms with Crippen LogP contribution in [0.3, 0.4) is 0 Å². The normalized spacial score (nSPS) is 11.4. The van der Waals surface area contributed by atoms with E-state index in [0.29, 0.717) is 0 Å². The minimum atomic E-state index is 0.767. The molecule has 3 heteroatoms. The molecule has 0 fully saturated rings. The largest absolute Gasteiger partial charge is 0.493 e. The van der Waals surface area contributed by atoms with Crippen LogP contribution in [0, 0.1) is 5.92 Å². The average Bonchev–Trinajstić information content (AvgIpc) is 2.88.